The topological polar surface area (TPSA) is 58.4 Å². The number of carbonyl (C=O) groups excluding carboxylic acids is 1. The summed E-state index contributed by atoms with van der Waals surface area (Å²) in [5, 5.41) is -1.12. The van der Waals surface area contributed by atoms with Crippen molar-refractivity contribution in [1.29, 1.82) is 0 Å². The van der Waals surface area contributed by atoms with E-state index in [0.717, 1.165) is 0 Å². The molecule has 0 saturated heterocycles. The molecule has 11 heteroatoms. The minimum absolute atomic E-state index is 0.252. The Kier molecular flexibility index (Phi) is 5.19. The zero-order valence-electron chi connectivity index (χ0n) is 46.6. The number of benzene rings is 3. The summed E-state index contributed by atoms with van der Waals surface area (Å²) in [6.45, 7) is -2.30. The van der Waals surface area contributed by atoms with Crippen LogP contribution >= 0.6 is 11.8 Å². The van der Waals surface area contributed by atoms with Gasteiger partial charge in [-0.15, -0.1) is 0 Å². The van der Waals surface area contributed by atoms with Gasteiger partial charge >= 0.3 is 6.18 Å². The highest BCUT2D eigenvalue weighted by molar-refractivity contribution is 7.98. The van der Waals surface area contributed by atoms with Gasteiger partial charge in [0.2, 0.25) is 5.91 Å². The molecule has 47 heavy (non-hydrogen) atoms. The van der Waals surface area contributed by atoms with Crippen LogP contribution in [-0.2, 0) is 42.5 Å². The summed E-state index contributed by atoms with van der Waals surface area (Å²) >= 11 is -0.301. The second kappa shape index (κ2) is 15.3. The number of aromatic nitrogens is 2. The van der Waals surface area contributed by atoms with Gasteiger partial charge in [-0.1, -0.05) is 73.9 Å². The highest BCUT2D eigenvalue weighted by atomic mass is 32.2. The van der Waals surface area contributed by atoms with Crippen molar-refractivity contribution >= 4 is 17.7 Å². The van der Waals surface area contributed by atoms with Crippen molar-refractivity contribution in [2.75, 3.05) is 26.2 Å². The second-order valence-electron chi connectivity index (χ2n) is 9.46. The van der Waals surface area contributed by atoms with E-state index in [1.807, 2.05) is 0 Å². The predicted octanol–water partition coefficient (Wildman–Crippen LogP) is 7.22. The molecule has 248 valence electrons. The van der Waals surface area contributed by atoms with Crippen LogP contribution in [0.15, 0.2) is 82.5 Å². The molecular weight excluding hydrogens is 628 g/mol. The molecule has 0 radical (unpaired) electrons. The van der Waals surface area contributed by atoms with Gasteiger partial charge in [0.05, 0.1) is 24.8 Å². The number of fused-ring (bicyclic) bond motifs is 1. The van der Waals surface area contributed by atoms with E-state index in [0.29, 0.717) is 4.57 Å². The van der Waals surface area contributed by atoms with E-state index in [4.69, 9.17) is 27.4 Å². The third-order valence-corrected chi connectivity index (χ3v) is 7.32. The Morgan fingerprint density at radius 3 is 2.19 bits per heavy atom. The Morgan fingerprint density at radius 2 is 1.57 bits per heavy atom. The SMILES string of the molecule is [2H]c1c([2H])c(C([2H])([2H])Sc2nc(=O)c3c(n2CC(=O)N(CCN(CC)CC)C([2H])([2H])c2c([2H])c([2H])c(-c4c([2H])c([2H])c(C(F)(F)F)c([2H])c4[2H])c([2H])c2[2H])C([2H])([2H])C([2H])([2H])C3([2H])[2H])c([2H])c([2H])c1F. The number of alkyl halides is 3. The van der Waals surface area contributed by atoms with Crippen LogP contribution in [0.1, 0.15) is 78.3 Å². The highest BCUT2D eigenvalue weighted by Gasteiger charge is 2.30. The molecule has 0 atom stereocenters. The first-order chi connectivity index (χ1) is 31.3. The third-order valence-electron chi connectivity index (χ3n) is 6.51. The maximum absolute atomic E-state index is 14.9. The van der Waals surface area contributed by atoms with Crippen LogP contribution in [0.25, 0.3) is 11.1 Å². The zero-order valence-corrected chi connectivity index (χ0v) is 25.4. The van der Waals surface area contributed by atoms with Crippen molar-refractivity contribution in [2.24, 2.45) is 0 Å². The summed E-state index contributed by atoms with van der Waals surface area (Å²) < 4.78 is 244. The van der Waals surface area contributed by atoms with Crippen molar-refractivity contribution in [2.45, 2.75) is 63.0 Å². The number of nitrogens with zero attached hydrogens (tertiary/aromatic N) is 4. The monoisotopic (exact) mass is 688 g/mol. The Bertz CT molecular complexity index is 2770. The first kappa shape index (κ1) is 16.0. The maximum Gasteiger partial charge on any atom is 0.416 e. The van der Waals surface area contributed by atoms with Crippen LogP contribution in [0, 0.1) is 5.82 Å². The molecule has 4 aromatic rings. The summed E-state index contributed by atoms with van der Waals surface area (Å²) in [6, 6.07) is -16.7. The van der Waals surface area contributed by atoms with Gasteiger partial charge in [-0.05, 0) is 78.6 Å². The lowest BCUT2D eigenvalue weighted by Crippen LogP contribution is -2.40. The van der Waals surface area contributed by atoms with Crippen molar-refractivity contribution in [3.63, 3.8) is 0 Å². The van der Waals surface area contributed by atoms with Gasteiger partial charge in [0.15, 0.2) is 5.16 Å². The predicted molar refractivity (Wildman–Crippen MR) is 177 cm³/mol. The van der Waals surface area contributed by atoms with Crippen molar-refractivity contribution < 1.29 is 52.5 Å². The van der Waals surface area contributed by atoms with E-state index < -0.39 is 185 Å². The molecular formula is C36H38F4N4O2S. The van der Waals surface area contributed by atoms with Crippen molar-refractivity contribution in [3.05, 3.63) is 117 Å². The van der Waals surface area contributed by atoms with E-state index >= 15 is 0 Å². The molecule has 0 N–H and O–H groups in total. The normalized spacial score (nSPS) is 23.4. The minimum atomic E-state index is -5.41. The molecule has 0 bridgehead atoms. The first-order valence-electron chi connectivity index (χ1n) is 24.8. The van der Waals surface area contributed by atoms with E-state index in [1.165, 1.54) is 0 Å². The average Bonchev–Trinajstić information content (AvgIpc) is 3.34. The Balaban J connectivity index is 1.80. The highest BCUT2D eigenvalue weighted by Crippen LogP contribution is 2.31. The van der Waals surface area contributed by atoms with Gasteiger partial charge in [-0.3, -0.25) is 9.59 Å². The first-order valence-corrected chi connectivity index (χ1v) is 14.6. The summed E-state index contributed by atoms with van der Waals surface area (Å²) in [4.78, 5) is 34.1. The zero-order chi connectivity index (χ0) is 53.0. The van der Waals surface area contributed by atoms with Gasteiger partial charge in [-0.2, -0.15) is 18.2 Å². The lowest BCUT2D eigenvalue weighted by atomic mass is 10.0. The largest absolute Gasteiger partial charge is 0.416 e. The minimum Gasteiger partial charge on any atom is -0.336 e. The van der Waals surface area contributed by atoms with Crippen LogP contribution in [-0.4, -0.2) is 51.4 Å². The van der Waals surface area contributed by atoms with E-state index in [-0.39, 0.29) is 36.3 Å². The molecule has 1 aliphatic rings. The Morgan fingerprint density at radius 1 is 0.957 bits per heavy atom. The molecule has 1 heterocycles. The number of thioether (sulfide) groups is 1. The van der Waals surface area contributed by atoms with E-state index in [2.05, 4.69) is 4.98 Å². The van der Waals surface area contributed by atoms with Gasteiger partial charge in [0, 0.05) is 47.5 Å². The standard InChI is InChI=1S/C36H38F4N4O2S/c1-3-42(4-2)20-21-43(22-25-8-12-27(13-9-25)28-14-16-29(17-15-28)36(38,39)40)33(45)23-44-32-7-5-6-31(32)34(46)41-35(44)47-24-26-10-18-30(37)19-11-26/h8-19H,3-7,20-24H2,1-2H3/i5D2,6D2,7D2,8D,9D,10D,11D,12D,13D,14D,15D,16D,17D,18D,19D,22D2,24D2. The van der Waals surface area contributed by atoms with Gasteiger partial charge in [-0.25, -0.2) is 4.39 Å². The van der Waals surface area contributed by atoms with Crippen molar-refractivity contribution in [3.8, 4) is 11.1 Å². The molecule has 0 fully saturated rings. The smallest absolute Gasteiger partial charge is 0.336 e. The molecule has 0 spiro atoms. The fourth-order valence-corrected chi connectivity index (χ4v) is 4.74. The second-order valence-corrected chi connectivity index (χ2v) is 10.2. The fourth-order valence-electron chi connectivity index (χ4n) is 4.05. The van der Waals surface area contributed by atoms with Crippen LogP contribution in [0.5, 0.6) is 0 Å². The molecule has 5 rings (SSSR count). The molecule has 0 unspecified atom stereocenters. The number of likely N-dealkylation sites (N-methyl/N-ethyl adjacent to an activating group) is 1. The molecule has 6 nitrogen and oxygen atoms in total. The van der Waals surface area contributed by atoms with E-state index in [1.54, 1.807) is 18.7 Å². The number of rotatable bonds is 13. The lowest BCUT2D eigenvalue weighted by molar-refractivity contribution is -0.137. The van der Waals surface area contributed by atoms with Gasteiger partial charge < -0.3 is 14.4 Å². The van der Waals surface area contributed by atoms with Crippen LogP contribution < -0.4 is 5.56 Å². The van der Waals surface area contributed by atoms with Crippen molar-refractivity contribution in [1.82, 2.24) is 19.4 Å². The van der Waals surface area contributed by atoms with Gasteiger partial charge in [0.25, 0.3) is 5.56 Å². The van der Waals surface area contributed by atoms with Crippen LogP contribution in [0.2, 0.25) is 0 Å². The molecule has 0 saturated carbocycles. The fraction of sp³-hybridized carbons (Fsp3) is 0.361. The molecule has 1 aliphatic carbocycles. The van der Waals surface area contributed by atoms with Crippen LogP contribution in [0.4, 0.5) is 17.6 Å². The quantitative estimate of drug-likeness (QED) is 0.0844. The average molecular weight is 689 g/mol. The van der Waals surface area contributed by atoms with Gasteiger partial charge in [0.1, 0.15) is 12.4 Å². The number of hydrogen-bond acceptors (Lipinski definition) is 5. The Labute approximate surface area is 307 Å². The van der Waals surface area contributed by atoms with Crippen LogP contribution in [0.3, 0.4) is 0 Å². The molecule has 1 aromatic heterocycles. The Hall–Kier alpha value is -3.96. The molecule has 3 aromatic carbocycles. The number of hydrogen-bond donors (Lipinski definition) is 0. The van der Waals surface area contributed by atoms with E-state index in [9.17, 15) is 29.9 Å². The maximum atomic E-state index is 14.9. The summed E-state index contributed by atoms with van der Waals surface area (Å²) in [5.41, 5.74) is -14.2. The number of carbonyl (C=O) groups is 1. The third kappa shape index (κ3) is 8.70. The summed E-state index contributed by atoms with van der Waals surface area (Å²) in [5.74, 6) is -3.24. The number of halogens is 4. The summed E-state index contributed by atoms with van der Waals surface area (Å²) in [7, 11) is 0. The molecule has 1 amide bonds. The molecule has 0 aliphatic heterocycles. The summed E-state index contributed by atoms with van der Waals surface area (Å²) in [6.07, 6.45) is -16.3. The lowest BCUT2D eigenvalue weighted by Gasteiger charge is -2.28. The number of amides is 1.